The lowest BCUT2D eigenvalue weighted by Crippen LogP contribution is -2.29. The van der Waals surface area contributed by atoms with Gasteiger partial charge in [-0.25, -0.2) is 0 Å². The molecule has 1 fully saturated rings. The van der Waals surface area contributed by atoms with Gasteiger partial charge in [-0.3, -0.25) is 14.5 Å². The minimum absolute atomic E-state index is 0.000638. The van der Waals surface area contributed by atoms with E-state index in [1.54, 1.807) is 48.5 Å². The predicted octanol–water partition coefficient (Wildman–Crippen LogP) is 5.54. The van der Waals surface area contributed by atoms with E-state index in [1.165, 1.54) is 17.0 Å². The van der Waals surface area contributed by atoms with Gasteiger partial charge in [-0.2, -0.15) is 0 Å². The highest BCUT2D eigenvalue weighted by molar-refractivity contribution is 6.51. The quantitative estimate of drug-likeness (QED) is 0.288. The van der Waals surface area contributed by atoms with Crippen LogP contribution in [0.5, 0.6) is 11.5 Å². The van der Waals surface area contributed by atoms with Gasteiger partial charge in [-0.05, 0) is 72.5 Å². The smallest absolute Gasteiger partial charge is 0.300 e. The molecule has 0 spiro atoms. The van der Waals surface area contributed by atoms with Crippen molar-refractivity contribution in [2.24, 2.45) is 0 Å². The van der Waals surface area contributed by atoms with Crippen LogP contribution in [0.15, 0.2) is 78.4 Å². The van der Waals surface area contributed by atoms with Crippen LogP contribution in [-0.4, -0.2) is 28.5 Å². The lowest BCUT2D eigenvalue weighted by Gasteiger charge is -2.26. The second-order valence-corrected chi connectivity index (χ2v) is 8.47. The van der Waals surface area contributed by atoms with Crippen LogP contribution in [-0.2, 0) is 9.59 Å². The Bertz CT molecular complexity index is 1240. The highest BCUT2D eigenvalue weighted by Crippen LogP contribution is 2.43. The fourth-order valence-corrected chi connectivity index (χ4v) is 4.16. The standard InChI is InChI=1S/C28H27NO5/c1-4-34-23-14-10-19(11-15-23)26(31)24-25(20-6-5-7-22(30)16-20)29(28(33)27(24)32)21-12-8-18(9-13-21)17(2)3/h5-17,25,30-31H,4H2,1-3H3/b26-24-. The number of anilines is 1. The molecule has 2 N–H and O–H groups in total. The number of phenols is 1. The number of ether oxygens (including phenoxy) is 1. The highest BCUT2D eigenvalue weighted by Gasteiger charge is 2.47. The maximum Gasteiger partial charge on any atom is 0.300 e. The summed E-state index contributed by atoms with van der Waals surface area (Å²) in [5.74, 6) is -0.860. The maximum atomic E-state index is 13.2. The third kappa shape index (κ3) is 4.27. The number of amides is 1. The monoisotopic (exact) mass is 457 g/mol. The Balaban J connectivity index is 1.87. The van der Waals surface area contributed by atoms with E-state index >= 15 is 0 Å². The van der Waals surface area contributed by atoms with Crippen molar-refractivity contribution in [3.05, 3.63) is 95.1 Å². The number of Topliss-reactive ketones (excluding diaryl/α,β-unsaturated/α-hetero) is 1. The summed E-state index contributed by atoms with van der Waals surface area (Å²) in [7, 11) is 0. The molecule has 1 aliphatic heterocycles. The van der Waals surface area contributed by atoms with Crippen LogP contribution in [0.1, 0.15) is 49.4 Å². The zero-order valence-electron chi connectivity index (χ0n) is 19.4. The number of carbonyl (C=O) groups excluding carboxylic acids is 2. The van der Waals surface area contributed by atoms with Crippen LogP contribution >= 0.6 is 0 Å². The molecule has 3 aromatic carbocycles. The Morgan fingerprint density at radius 1 is 1.00 bits per heavy atom. The molecule has 3 aromatic rings. The first-order valence-corrected chi connectivity index (χ1v) is 11.2. The van der Waals surface area contributed by atoms with Gasteiger partial charge in [-0.1, -0.05) is 38.1 Å². The van der Waals surface area contributed by atoms with Crippen molar-refractivity contribution in [3.63, 3.8) is 0 Å². The summed E-state index contributed by atoms with van der Waals surface area (Å²) in [6.07, 6.45) is 0. The molecule has 174 valence electrons. The predicted molar refractivity (Wildman–Crippen MR) is 131 cm³/mol. The van der Waals surface area contributed by atoms with E-state index in [4.69, 9.17) is 4.74 Å². The summed E-state index contributed by atoms with van der Waals surface area (Å²) in [5, 5.41) is 21.3. The summed E-state index contributed by atoms with van der Waals surface area (Å²) in [6.45, 7) is 6.53. The summed E-state index contributed by atoms with van der Waals surface area (Å²) in [6, 6.07) is 19.6. The van der Waals surface area contributed by atoms with Crippen molar-refractivity contribution in [1.82, 2.24) is 0 Å². The second-order valence-electron chi connectivity index (χ2n) is 8.47. The third-order valence-corrected chi connectivity index (χ3v) is 5.91. The van der Waals surface area contributed by atoms with Crippen molar-refractivity contribution in [2.75, 3.05) is 11.5 Å². The van der Waals surface area contributed by atoms with Gasteiger partial charge in [0.15, 0.2) is 0 Å². The Hall–Kier alpha value is -4.06. The molecule has 0 bridgehead atoms. The van der Waals surface area contributed by atoms with Crippen molar-refractivity contribution in [3.8, 4) is 11.5 Å². The number of aliphatic hydroxyl groups is 1. The van der Waals surface area contributed by atoms with Crippen LogP contribution in [0.25, 0.3) is 5.76 Å². The van der Waals surface area contributed by atoms with Crippen molar-refractivity contribution in [1.29, 1.82) is 0 Å². The first-order valence-electron chi connectivity index (χ1n) is 11.2. The molecule has 1 aliphatic rings. The summed E-state index contributed by atoms with van der Waals surface area (Å²) in [5.41, 5.74) is 2.50. The Labute approximate surface area is 198 Å². The first kappa shape index (κ1) is 23.1. The molecule has 1 unspecified atom stereocenters. The van der Waals surface area contributed by atoms with Gasteiger partial charge in [0.2, 0.25) is 0 Å². The Kier molecular flexibility index (Phi) is 6.41. The van der Waals surface area contributed by atoms with E-state index in [9.17, 15) is 19.8 Å². The van der Waals surface area contributed by atoms with E-state index in [0.29, 0.717) is 35.1 Å². The molecule has 1 heterocycles. The average Bonchev–Trinajstić information content (AvgIpc) is 3.10. The molecule has 1 atom stereocenters. The van der Waals surface area contributed by atoms with Gasteiger partial charge in [0.1, 0.15) is 17.3 Å². The third-order valence-electron chi connectivity index (χ3n) is 5.91. The number of hydrogen-bond donors (Lipinski definition) is 2. The number of aliphatic hydroxyl groups excluding tert-OH is 1. The van der Waals surface area contributed by atoms with Gasteiger partial charge in [0, 0.05) is 11.3 Å². The molecule has 6 heteroatoms. The van der Waals surface area contributed by atoms with Gasteiger partial charge < -0.3 is 14.9 Å². The topological polar surface area (TPSA) is 87.1 Å². The van der Waals surface area contributed by atoms with Crippen LogP contribution < -0.4 is 9.64 Å². The number of phenolic OH excluding ortho intramolecular Hbond substituents is 1. The zero-order valence-corrected chi connectivity index (χ0v) is 19.4. The van der Waals surface area contributed by atoms with E-state index in [1.807, 2.05) is 19.1 Å². The minimum atomic E-state index is -0.899. The minimum Gasteiger partial charge on any atom is -0.508 e. The molecule has 0 saturated carbocycles. The van der Waals surface area contributed by atoms with Crippen LogP contribution in [0.3, 0.4) is 0 Å². The van der Waals surface area contributed by atoms with E-state index in [2.05, 4.69) is 13.8 Å². The molecular formula is C28H27NO5. The molecule has 1 amide bonds. The van der Waals surface area contributed by atoms with E-state index in [0.717, 1.165) is 5.56 Å². The summed E-state index contributed by atoms with van der Waals surface area (Å²) < 4.78 is 5.45. The fraction of sp³-hybridized carbons (Fsp3) is 0.214. The Morgan fingerprint density at radius 2 is 1.68 bits per heavy atom. The van der Waals surface area contributed by atoms with Gasteiger partial charge in [0.25, 0.3) is 11.7 Å². The zero-order chi connectivity index (χ0) is 24.4. The number of nitrogens with zero attached hydrogens (tertiary/aromatic N) is 1. The molecule has 0 radical (unpaired) electrons. The highest BCUT2D eigenvalue weighted by atomic mass is 16.5. The largest absolute Gasteiger partial charge is 0.508 e. The normalized spacial score (nSPS) is 17.4. The second kappa shape index (κ2) is 9.43. The molecule has 0 aliphatic carbocycles. The van der Waals surface area contributed by atoms with Crippen molar-refractivity contribution in [2.45, 2.75) is 32.7 Å². The van der Waals surface area contributed by atoms with E-state index < -0.39 is 17.7 Å². The van der Waals surface area contributed by atoms with Crippen LogP contribution in [0.4, 0.5) is 5.69 Å². The lowest BCUT2D eigenvalue weighted by molar-refractivity contribution is -0.132. The van der Waals surface area contributed by atoms with Crippen LogP contribution in [0.2, 0.25) is 0 Å². The number of benzene rings is 3. The molecule has 0 aromatic heterocycles. The van der Waals surface area contributed by atoms with Gasteiger partial charge in [0.05, 0.1) is 18.2 Å². The average molecular weight is 458 g/mol. The molecule has 34 heavy (non-hydrogen) atoms. The summed E-state index contributed by atoms with van der Waals surface area (Å²) >= 11 is 0. The molecule has 1 saturated heterocycles. The number of hydrogen-bond acceptors (Lipinski definition) is 5. The number of aromatic hydroxyl groups is 1. The van der Waals surface area contributed by atoms with E-state index in [-0.39, 0.29) is 17.1 Å². The maximum absolute atomic E-state index is 13.2. The van der Waals surface area contributed by atoms with Crippen molar-refractivity contribution < 1.29 is 24.5 Å². The van der Waals surface area contributed by atoms with Gasteiger partial charge >= 0.3 is 0 Å². The van der Waals surface area contributed by atoms with Crippen molar-refractivity contribution >= 4 is 23.1 Å². The molecule has 6 nitrogen and oxygen atoms in total. The fourth-order valence-electron chi connectivity index (χ4n) is 4.16. The molecule has 4 rings (SSSR count). The first-order chi connectivity index (χ1) is 16.3. The number of rotatable bonds is 6. The summed E-state index contributed by atoms with van der Waals surface area (Å²) in [4.78, 5) is 27.8. The number of ketones is 1. The SMILES string of the molecule is CCOc1ccc(/C(O)=C2/C(=O)C(=O)N(c3ccc(C(C)C)cc3)C2c2cccc(O)c2)cc1. The Morgan fingerprint density at radius 3 is 2.26 bits per heavy atom. The number of carbonyl (C=O) groups is 2. The van der Waals surface area contributed by atoms with Gasteiger partial charge in [-0.15, -0.1) is 0 Å². The lowest BCUT2D eigenvalue weighted by atomic mass is 9.94. The van der Waals surface area contributed by atoms with Crippen LogP contribution in [0, 0.1) is 0 Å². The molecular weight excluding hydrogens is 430 g/mol.